The fourth-order valence-corrected chi connectivity index (χ4v) is 5.86. The second-order valence-corrected chi connectivity index (χ2v) is 8.48. The van der Waals surface area contributed by atoms with Crippen LogP contribution in [0.25, 0.3) is 0 Å². The van der Waals surface area contributed by atoms with E-state index in [1.165, 1.54) is 24.3 Å². The smallest absolute Gasteiger partial charge is 0.0709 e. The molecule has 1 spiro atoms. The molecule has 2 N–H and O–H groups in total. The number of benzene rings is 1. The number of halogens is 1. The first-order valence-corrected chi connectivity index (χ1v) is 9.52. The van der Waals surface area contributed by atoms with E-state index in [0.717, 1.165) is 35.1 Å². The minimum atomic E-state index is 0.122. The van der Waals surface area contributed by atoms with Gasteiger partial charge in [-0.25, -0.2) is 0 Å². The van der Waals surface area contributed by atoms with Gasteiger partial charge in [0.1, 0.15) is 0 Å². The lowest BCUT2D eigenvalue weighted by Crippen LogP contribution is -2.43. The number of thioether (sulfide) groups is 2. The summed E-state index contributed by atoms with van der Waals surface area (Å²) in [5.41, 5.74) is 6.98. The summed E-state index contributed by atoms with van der Waals surface area (Å²) >= 11 is 10.2. The number of rotatable bonds is 2. The molecule has 1 aromatic carbocycles. The molecule has 110 valence electrons. The third kappa shape index (κ3) is 3.24. The first-order chi connectivity index (χ1) is 9.69. The summed E-state index contributed by atoms with van der Waals surface area (Å²) in [5, 5.41) is 1.34. The van der Waals surface area contributed by atoms with Crippen molar-refractivity contribution >= 4 is 40.8 Å². The molecule has 1 atom stereocenters. The van der Waals surface area contributed by atoms with Crippen LogP contribution in [0, 0.1) is 0 Å². The molecule has 2 nitrogen and oxygen atoms in total. The van der Waals surface area contributed by atoms with Gasteiger partial charge in [-0.1, -0.05) is 17.7 Å². The van der Waals surface area contributed by atoms with Crippen LogP contribution in [0.5, 0.6) is 0 Å². The highest BCUT2D eigenvalue weighted by Crippen LogP contribution is 2.45. The van der Waals surface area contributed by atoms with Crippen LogP contribution in [0.2, 0.25) is 5.02 Å². The molecule has 2 aliphatic heterocycles. The summed E-state index contributed by atoms with van der Waals surface area (Å²) in [4.78, 5) is 1.04. The maximum Gasteiger partial charge on any atom is 0.0709 e. The number of hydrogen-bond acceptors (Lipinski definition) is 4. The average molecular weight is 330 g/mol. The molecule has 0 amide bonds. The van der Waals surface area contributed by atoms with E-state index in [4.69, 9.17) is 22.1 Å². The Morgan fingerprint density at radius 1 is 1.35 bits per heavy atom. The lowest BCUT2D eigenvalue weighted by atomic mass is 9.88. The van der Waals surface area contributed by atoms with Crippen molar-refractivity contribution in [1.29, 1.82) is 0 Å². The van der Waals surface area contributed by atoms with Gasteiger partial charge in [-0.05, 0) is 49.3 Å². The topological polar surface area (TPSA) is 35.2 Å². The Balaban J connectivity index is 1.71. The van der Waals surface area contributed by atoms with E-state index in [2.05, 4.69) is 0 Å². The lowest BCUT2D eigenvalue weighted by Gasteiger charge is -2.43. The molecule has 0 radical (unpaired) electrons. The van der Waals surface area contributed by atoms with E-state index < -0.39 is 0 Å². The molecule has 2 aliphatic rings. The zero-order valence-electron chi connectivity index (χ0n) is 11.4. The predicted molar refractivity (Wildman–Crippen MR) is 90.0 cm³/mol. The number of anilines is 1. The van der Waals surface area contributed by atoms with Crippen LogP contribution in [0.3, 0.4) is 0 Å². The molecule has 2 saturated heterocycles. The van der Waals surface area contributed by atoms with Gasteiger partial charge in [-0.3, -0.25) is 0 Å². The van der Waals surface area contributed by atoms with Crippen molar-refractivity contribution in [2.24, 2.45) is 0 Å². The summed E-state index contributed by atoms with van der Waals surface area (Å²) in [7, 11) is 0. The van der Waals surface area contributed by atoms with Crippen LogP contribution in [-0.2, 0) is 4.74 Å². The Morgan fingerprint density at radius 2 is 2.15 bits per heavy atom. The third-order valence-electron chi connectivity index (χ3n) is 4.13. The monoisotopic (exact) mass is 329 g/mol. The largest absolute Gasteiger partial charge is 0.398 e. The summed E-state index contributed by atoms with van der Waals surface area (Å²) < 4.78 is 6.14. The lowest BCUT2D eigenvalue weighted by molar-refractivity contribution is -0.0804. The molecular weight excluding hydrogens is 310 g/mol. The second kappa shape index (κ2) is 6.39. The highest BCUT2D eigenvalue weighted by Gasteiger charge is 2.39. The van der Waals surface area contributed by atoms with E-state index in [9.17, 15) is 0 Å². The van der Waals surface area contributed by atoms with Crippen molar-refractivity contribution in [3.63, 3.8) is 0 Å². The zero-order chi connectivity index (χ0) is 14.0. The van der Waals surface area contributed by atoms with Gasteiger partial charge in [0.25, 0.3) is 0 Å². The van der Waals surface area contributed by atoms with E-state index in [0.29, 0.717) is 5.25 Å². The molecular formula is C15H20ClNOS2. The van der Waals surface area contributed by atoms with Crippen LogP contribution >= 0.6 is 35.1 Å². The Kier molecular flexibility index (Phi) is 4.75. The molecule has 1 unspecified atom stereocenters. The molecule has 3 rings (SSSR count). The van der Waals surface area contributed by atoms with Gasteiger partial charge < -0.3 is 10.5 Å². The van der Waals surface area contributed by atoms with Crippen molar-refractivity contribution in [3.8, 4) is 0 Å². The Labute approximate surface area is 134 Å². The van der Waals surface area contributed by atoms with Gasteiger partial charge in [-0.15, -0.1) is 11.8 Å². The first kappa shape index (κ1) is 14.9. The van der Waals surface area contributed by atoms with Crippen LogP contribution in [0.15, 0.2) is 23.1 Å². The van der Waals surface area contributed by atoms with Gasteiger partial charge in [-0.2, -0.15) is 11.8 Å². The standard InChI is InChI=1S/C15H20ClNOS2/c16-12-2-1-3-13(17)14(12)20-11-4-7-18-15(10-11)5-8-19-9-6-15/h1-3,11H,4-10,17H2. The SMILES string of the molecule is Nc1cccc(Cl)c1SC1CCOC2(CCSCC2)C1. The highest BCUT2D eigenvalue weighted by atomic mass is 35.5. The van der Waals surface area contributed by atoms with Crippen molar-refractivity contribution in [3.05, 3.63) is 23.2 Å². The summed E-state index contributed by atoms with van der Waals surface area (Å²) in [6.07, 6.45) is 4.59. The quantitative estimate of drug-likeness (QED) is 0.812. The van der Waals surface area contributed by atoms with E-state index in [1.54, 1.807) is 0 Å². The van der Waals surface area contributed by atoms with Crippen molar-refractivity contribution in [2.45, 2.75) is 41.4 Å². The number of ether oxygens (including phenoxy) is 1. The molecule has 0 saturated carbocycles. The van der Waals surface area contributed by atoms with Crippen LogP contribution < -0.4 is 5.73 Å². The van der Waals surface area contributed by atoms with Crippen molar-refractivity contribution in [1.82, 2.24) is 0 Å². The molecule has 2 heterocycles. The third-order valence-corrected chi connectivity index (χ3v) is 6.97. The number of nitrogen functional groups attached to an aromatic ring is 1. The normalized spacial score (nSPS) is 25.8. The average Bonchev–Trinajstić information content (AvgIpc) is 2.44. The Bertz CT molecular complexity index is 451. The summed E-state index contributed by atoms with van der Waals surface area (Å²) in [6.45, 7) is 0.868. The zero-order valence-corrected chi connectivity index (χ0v) is 13.8. The van der Waals surface area contributed by atoms with Gasteiger partial charge >= 0.3 is 0 Å². The van der Waals surface area contributed by atoms with Crippen LogP contribution in [0.4, 0.5) is 5.69 Å². The van der Waals surface area contributed by atoms with Crippen molar-refractivity contribution in [2.75, 3.05) is 23.8 Å². The highest BCUT2D eigenvalue weighted by molar-refractivity contribution is 8.00. The maximum atomic E-state index is 6.29. The fourth-order valence-electron chi connectivity index (χ4n) is 2.99. The van der Waals surface area contributed by atoms with E-state index in [1.807, 2.05) is 41.7 Å². The van der Waals surface area contributed by atoms with Gasteiger partial charge in [0.2, 0.25) is 0 Å². The minimum absolute atomic E-state index is 0.122. The van der Waals surface area contributed by atoms with Crippen LogP contribution in [-0.4, -0.2) is 29.0 Å². The Morgan fingerprint density at radius 3 is 2.90 bits per heavy atom. The minimum Gasteiger partial charge on any atom is -0.398 e. The molecule has 1 aromatic rings. The molecule has 5 heteroatoms. The Hall–Kier alpha value is -0.0300. The van der Waals surface area contributed by atoms with E-state index in [-0.39, 0.29) is 5.60 Å². The van der Waals surface area contributed by atoms with Gasteiger partial charge in [0.15, 0.2) is 0 Å². The fraction of sp³-hybridized carbons (Fsp3) is 0.600. The van der Waals surface area contributed by atoms with E-state index >= 15 is 0 Å². The predicted octanol–water partition coefficient (Wildman–Crippen LogP) is 4.46. The molecule has 20 heavy (non-hydrogen) atoms. The second-order valence-electron chi connectivity index (χ2n) is 5.53. The number of nitrogens with two attached hydrogens (primary N) is 1. The van der Waals surface area contributed by atoms with Gasteiger partial charge in [0.05, 0.1) is 10.6 Å². The first-order valence-electron chi connectivity index (χ1n) is 7.11. The van der Waals surface area contributed by atoms with Gasteiger partial charge in [0, 0.05) is 22.4 Å². The van der Waals surface area contributed by atoms with Crippen molar-refractivity contribution < 1.29 is 4.74 Å². The molecule has 2 fully saturated rings. The molecule has 0 aromatic heterocycles. The van der Waals surface area contributed by atoms with Crippen LogP contribution in [0.1, 0.15) is 25.7 Å². The summed E-state index contributed by atoms with van der Waals surface area (Å²) in [5.74, 6) is 2.46. The molecule has 0 aliphatic carbocycles. The maximum absolute atomic E-state index is 6.29. The molecule has 0 bridgehead atoms. The number of hydrogen-bond donors (Lipinski definition) is 1. The summed E-state index contributed by atoms with van der Waals surface area (Å²) in [6, 6.07) is 5.76.